The van der Waals surface area contributed by atoms with Gasteiger partial charge in [0.2, 0.25) is 5.91 Å². The minimum Gasteiger partial charge on any atom is -0.345 e. The highest BCUT2D eigenvalue weighted by atomic mass is 16.2. The van der Waals surface area contributed by atoms with Crippen LogP contribution in [0.15, 0.2) is 0 Å². The van der Waals surface area contributed by atoms with Gasteiger partial charge in [-0.25, -0.2) is 0 Å². The lowest BCUT2D eigenvalue weighted by Crippen LogP contribution is -2.34. The van der Waals surface area contributed by atoms with E-state index in [1.54, 1.807) is 0 Å². The molecule has 0 saturated heterocycles. The first-order valence-electron chi connectivity index (χ1n) is 5.81. The predicted molar refractivity (Wildman–Crippen MR) is 64.6 cm³/mol. The second-order valence-corrected chi connectivity index (χ2v) is 5.41. The zero-order valence-electron chi connectivity index (χ0n) is 10.7. The summed E-state index contributed by atoms with van der Waals surface area (Å²) in [5.41, 5.74) is 5.58. The molecule has 0 aliphatic rings. The minimum absolute atomic E-state index is 0.182. The number of nitrogens with zero attached hydrogens (tertiary/aromatic N) is 1. The minimum atomic E-state index is 0.182. The van der Waals surface area contributed by atoms with Crippen LogP contribution in [0, 0.1) is 5.41 Å². The molecule has 0 rings (SSSR count). The van der Waals surface area contributed by atoms with Gasteiger partial charge in [0.1, 0.15) is 0 Å². The van der Waals surface area contributed by atoms with Gasteiger partial charge < -0.3 is 10.6 Å². The van der Waals surface area contributed by atoms with E-state index in [0.29, 0.717) is 6.42 Å². The molecule has 3 nitrogen and oxygen atoms in total. The number of carbonyl (C=O) groups excluding carboxylic acids is 1. The zero-order chi connectivity index (χ0) is 11.9. The molecule has 0 atom stereocenters. The number of hydrogen-bond donors (Lipinski definition) is 1. The van der Waals surface area contributed by atoms with E-state index in [-0.39, 0.29) is 11.3 Å². The number of hydrogen-bond acceptors (Lipinski definition) is 2. The maximum atomic E-state index is 11.7. The van der Waals surface area contributed by atoms with Gasteiger partial charge in [0.25, 0.3) is 0 Å². The highest BCUT2D eigenvalue weighted by Crippen LogP contribution is 2.15. The fraction of sp³-hybridized carbons (Fsp3) is 0.917. The molecule has 0 heterocycles. The number of nitrogens with two attached hydrogens (primary N) is 1. The molecule has 2 N–H and O–H groups in total. The topological polar surface area (TPSA) is 46.3 Å². The van der Waals surface area contributed by atoms with Gasteiger partial charge in [-0.1, -0.05) is 27.2 Å². The Balaban J connectivity index is 3.70. The van der Waals surface area contributed by atoms with E-state index in [1.807, 2.05) is 11.9 Å². The maximum Gasteiger partial charge on any atom is 0.222 e. The van der Waals surface area contributed by atoms with Crippen molar-refractivity contribution < 1.29 is 4.79 Å². The molecule has 0 aromatic carbocycles. The molecule has 0 aliphatic carbocycles. The summed E-state index contributed by atoms with van der Waals surface area (Å²) in [5.74, 6) is 0.252. The Morgan fingerprint density at radius 3 is 2.27 bits per heavy atom. The van der Waals surface area contributed by atoms with Crippen LogP contribution in [0.1, 0.15) is 46.5 Å². The summed E-state index contributed by atoms with van der Waals surface area (Å²) in [6.07, 6.45) is 3.71. The molecule has 3 heteroatoms. The molecule has 15 heavy (non-hydrogen) atoms. The SMILES string of the molecule is CN(CC(C)(C)C)C(=O)CCCCCN. The van der Waals surface area contributed by atoms with Crippen LogP contribution in [0.3, 0.4) is 0 Å². The average Bonchev–Trinajstić information content (AvgIpc) is 2.09. The lowest BCUT2D eigenvalue weighted by molar-refractivity contribution is -0.131. The highest BCUT2D eigenvalue weighted by Gasteiger charge is 2.16. The Morgan fingerprint density at radius 1 is 1.20 bits per heavy atom. The normalized spacial score (nSPS) is 11.5. The molecule has 0 unspecified atom stereocenters. The van der Waals surface area contributed by atoms with Crippen LogP contribution in [-0.4, -0.2) is 30.9 Å². The zero-order valence-corrected chi connectivity index (χ0v) is 10.7. The van der Waals surface area contributed by atoms with Gasteiger partial charge in [-0.3, -0.25) is 4.79 Å². The fourth-order valence-corrected chi connectivity index (χ4v) is 1.59. The third-order valence-electron chi connectivity index (χ3n) is 2.23. The monoisotopic (exact) mass is 214 g/mol. The van der Waals surface area contributed by atoms with Gasteiger partial charge in [-0.05, 0) is 24.8 Å². The largest absolute Gasteiger partial charge is 0.345 e. The summed E-state index contributed by atoms with van der Waals surface area (Å²) in [5, 5.41) is 0. The fourth-order valence-electron chi connectivity index (χ4n) is 1.59. The van der Waals surface area contributed by atoms with Crippen molar-refractivity contribution in [2.75, 3.05) is 20.1 Å². The molecule has 0 aromatic rings. The van der Waals surface area contributed by atoms with E-state index < -0.39 is 0 Å². The quantitative estimate of drug-likeness (QED) is 0.687. The summed E-state index contributed by atoms with van der Waals surface area (Å²) in [6.45, 7) is 7.98. The van der Waals surface area contributed by atoms with Crippen molar-refractivity contribution in [3.63, 3.8) is 0 Å². The Bertz CT molecular complexity index is 185. The molecular formula is C12H26N2O. The molecule has 0 bridgehead atoms. The molecule has 0 aromatic heterocycles. The van der Waals surface area contributed by atoms with E-state index in [9.17, 15) is 4.79 Å². The molecular weight excluding hydrogens is 188 g/mol. The first kappa shape index (κ1) is 14.4. The summed E-state index contributed by atoms with van der Waals surface area (Å²) in [4.78, 5) is 13.5. The van der Waals surface area contributed by atoms with Crippen LogP contribution < -0.4 is 5.73 Å². The Morgan fingerprint density at radius 2 is 1.80 bits per heavy atom. The van der Waals surface area contributed by atoms with Gasteiger partial charge in [0.05, 0.1) is 0 Å². The number of carbonyl (C=O) groups is 1. The van der Waals surface area contributed by atoms with E-state index in [4.69, 9.17) is 5.73 Å². The van der Waals surface area contributed by atoms with Crippen LogP contribution >= 0.6 is 0 Å². The van der Waals surface area contributed by atoms with Crippen LogP contribution in [-0.2, 0) is 4.79 Å². The van der Waals surface area contributed by atoms with Gasteiger partial charge >= 0.3 is 0 Å². The van der Waals surface area contributed by atoms with Crippen molar-refractivity contribution in [1.29, 1.82) is 0 Å². The molecule has 0 saturated carbocycles. The Labute approximate surface area is 94.0 Å². The van der Waals surface area contributed by atoms with E-state index in [1.165, 1.54) is 0 Å². The van der Waals surface area contributed by atoms with E-state index in [2.05, 4.69) is 20.8 Å². The second-order valence-electron chi connectivity index (χ2n) is 5.41. The smallest absolute Gasteiger partial charge is 0.222 e. The predicted octanol–water partition coefficient (Wildman–Crippen LogP) is 2.01. The average molecular weight is 214 g/mol. The first-order chi connectivity index (χ1) is 6.87. The summed E-state index contributed by atoms with van der Waals surface area (Å²) < 4.78 is 0. The summed E-state index contributed by atoms with van der Waals surface area (Å²) in [6, 6.07) is 0. The number of rotatable bonds is 6. The van der Waals surface area contributed by atoms with E-state index >= 15 is 0 Å². The lowest BCUT2D eigenvalue weighted by Gasteiger charge is -2.26. The van der Waals surface area contributed by atoms with Crippen molar-refractivity contribution in [2.45, 2.75) is 46.5 Å². The molecule has 90 valence electrons. The lowest BCUT2D eigenvalue weighted by atomic mass is 9.96. The Kier molecular flexibility index (Phi) is 6.57. The second kappa shape index (κ2) is 6.83. The first-order valence-corrected chi connectivity index (χ1v) is 5.81. The maximum absolute atomic E-state index is 11.7. The van der Waals surface area contributed by atoms with Gasteiger partial charge in [0.15, 0.2) is 0 Å². The van der Waals surface area contributed by atoms with Crippen molar-refractivity contribution in [1.82, 2.24) is 4.90 Å². The van der Waals surface area contributed by atoms with Gasteiger partial charge in [-0.2, -0.15) is 0 Å². The van der Waals surface area contributed by atoms with Crippen LogP contribution in [0.5, 0.6) is 0 Å². The van der Waals surface area contributed by atoms with Gasteiger partial charge in [-0.15, -0.1) is 0 Å². The molecule has 0 fully saturated rings. The van der Waals surface area contributed by atoms with Crippen LogP contribution in [0.25, 0.3) is 0 Å². The van der Waals surface area contributed by atoms with E-state index in [0.717, 1.165) is 32.4 Å². The standard InChI is InChI=1S/C12H26N2O/c1-12(2,3)10-14(4)11(15)8-6-5-7-9-13/h5-10,13H2,1-4H3. The van der Waals surface area contributed by atoms with Gasteiger partial charge in [0, 0.05) is 20.0 Å². The van der Waals surface area contributed by atoms with Crippen LogP contribution in [0.4, 0.5) is 0 Å². The number of amides is 1. The van der Waals surface area contributed by atoms with Crippen molar-refractivity contribution in [3.05, 3.63) is 0 Å². The van der Waals surface area contributed by atoms with Crippen molar-refractivity contribution in [3.8, 4) is 0 Å². The molecule has 0 spiro atoms. The summed E-state index contributed by atoms with van der Waals surface area (Å²) in [7, 11) is 1.89. The Hall–Kier alpha value is -0.570. The third-order valence-corrected chi connectivity index (χ3v) is 2.23. The highest BCUT2D eigenvalue weighted by molar-refractivity contribution is 5.75. The van der Waals surface area contributed by atoms with Crippen molar-refractivity contribution in [2.24, 2.45) is 11.1 Å². The molecule has 0 aliphatic heterocycles. The third kappa shape index (κ3) is 8.43. The summed E-state index contributed by atoms with van der Waals surface area (Å²) >= 11 is 0. The van der Waals surface area contributed by atoms with Crippen LogP contribution in [0.2, 0.25) is 0 Å². The molecule has 0 radical (unpaired) electrons. The number of unbranched alkanes of at least 4 members (excludes halogenated alkanes) is 2. The van der Waals surface area contributed by atoms with Crippen molar-refractivity contribution >= 4 is 5.91 Å². The molecule has 1 amide bonds.